The van der Waals surface area contributed by atoms with Gasteiger partial charge in [-0.25, -0.2) is 13.2 Å². The Bertz CT molecular complexity index is 666. The van der Waals surface area contributed by atoms with Gasteiger partial charge in [-0.05, 0) is 37.3 Å². The van der Waals surface area contributed by atoms with Crippen molar-refractivity contribution in [2.45, 2.75) is 11.8 Å². The largest absolute Gasteiger partial charge is 0.478 e. The number of sulfone groups is 1. The number of allylic oxidation sites excluding steroid dienone is 1. The molecule has 0 heterocycles. The minimum atomic E-state index is -3.45. The lowest BCUT2D eigenvalue weighted by Crippen LogP contribution is -2.07. The maximum absolute atomic E-state index is 11.9. The van der Waals surface area contributed by atoms with Gasteiger partial charge in [-0.15, -0.1) is 0 Å². The van der Waals surface area contributed by atoms with Crippen molar-refractivity contribution in [2.24, 2.45) is 0 Å². The highest BCUT2D eigenvalue weighted by molar-refractivity contribution is 7.91. The van der Waals surface area contributed by atoms with Crippen LogP contribution in [0.25, 0.3) is 0 Å². The number of hydrogen-bond donors (Lipinski definition) is 1. The fourth-order valence-corrected chi connectivity index (χ4v) is 2.84. The highest BCUT2D eigenvalue weighted by Crippen LogP contribution is 2.15. The Morgan fingerprint density at radius 1 is 1.20 bits per heavy atom. The molecule has 5 nitrogen and oxygen atoms in total. The third kappa shape index (κ3) is 4.47. The molecule has 1 aromatic carbocycles. The van der Waals surface area contributed by atoms with E-state index in [1.165, 1.54) is 24.3 Å². The number of hydrogen-bond acceptors (Lipinski definition) is 4. The summed E-state index contributed by atoms with van der Waals surface area (Å²) in [6.45, 7) is 5.17. The van der Waals surface area contributed by atoms with Crippen molar-refractivity contribution in [1.82, 2.24) is 0 Å². The highest BCUT2D eigenvalue weighted by Gasteiger charge is 2.14. The third-order valence-electron chi connectivity index (χ3n) is 2.31. The summed E-state index contributed by atoms with van der Waals surface area (Å²) in [5, 5.41) is 8.42. The number of carbonyl (C=O) groups is 2. The minimum absolute atomic E-state index is 0.0965. The van der Waals surface area contributed by atoms with Crippen LogP contribution in [0.4, 0.5) is 0 Å². The quantitative estimate of drug-likeness (QED) is 0.491. The first kappa shape index (κ1) is 15.8. The Labute approximate surface area is 117 Å². The molecule has 0 saturated heterocycles. The van der Waals surface area contributed by atoms with Crippen molar-refractivity contribution in [3.8, 4) is 0 Å². The van der Waals surface area contributed by atoms with Crippen LogP contribution in [0.2, 0.25) is 0 Å². The lowest BCUT2D eigenvalue weighted by molar-refractivity contribution is -0.131. The first-order valence-electron chi connectivity index (χ1n) is 5.65. The summed E-state index contributed by atoms with van der Waals surface area (Å²) in [6, 6.07) is 5.33. The van der Waals surface area contributed by atoms with Crippen molar-refractivity contribution < 1.29 is 23.1 Å². The van der Waals surface area contributed by atoms with E-state index in [0.29, 0.717) is 5.57 Å². The van der Waals surface area contributed by atoms with E-state index in [9.17, 15) is 18.0 Å². The number of carboxylic acids is 1. The molecule has 1 N–H and O–H groups in total. The van der Waals surface area contributed by atoms with Gasteiger partial charge in [0, 0.05) is 11.6 Å². The van der Waals surface area contributed by atoms with E-state index < -0.39 is 21.6 Å². The van der Waals surface area contributed by atoms with Crippen LogP contribution >= 0.6 is 0 Å². The summed E-state index contributed by atoms with van der Waals surface area (Å²) < 4.78 is 23.8. The van der Waals surface area contributed by atoms with Gasteiger partial charge in [0.25, 0.3) is 0 Å². The molecule has 0 unspecified atom stereocenters. The first-order chi connectivity index (χ1) is 9.22. The molecular weight excluding hydrogens is 280 g/mol. The summed E-state index contributed by atoms with van der Waals surface area (Å²) in [4.78, 5) is 22.0. The van der Waals surface area contributed by atoms with E-state index in [1.807, 2.05) is 0 Å². The van der Waals surface area contributed by atoms with Crippen LogP contribution in [-0.2, 0) is 14.6 Å². The lowest BCUT2D eigenvalue weighted by atomic mass is 10.1. The topological polar surface area (TPSA) is 88.5 Å². The van der Waals surface area contributed by atoms with E-state index >= 15 is 0 Å². The van der Waals surface area contributed by atoms with Crippen molar-refractivity contribution in [2.75, 3.05) is 5.75 Å². The number of benzene rings is 1. The van der Waals surface area contributed by atoms with Gasteiger partial charge >= 0.3 is 5.97 Å². The van der Waals surface area contributed by atoms with Gasteiger partial charge < -0.3 is 5.11 Å². The average molecular weight is 294 g/mol. The van der Waals surface area contributed by atoms with Crippen LogP contribution in [-0.4, -0.2) is 31.0 Å². The molecule has 0 aromatic heterocycles. The Morgan fingerprint density at radius 3 is 2.20 bits per heavy atom. The second-order valence-corrected chi connectivity index (χ2v) is 6.27. The van der Waals surface area contributed by atoms with Gasteiger partial charge in [0.15, 0.2) is 15.6 Å². The predicted octanol–water partition coefficient (Wildman–Crippen LogP) is 1.86. The Hall–Kier alpha value is -2.21. The number of rotatable bonds is 6. The Balaban J connectivity index is 2.97. The van der Waals surface area contributed by atoms with E-state index in [2.05, 4.69) is 6.58 Å². The number of carbonyl (C=O) groups excluding carboxylic acids is 1. The van der Waals surface area contributed by atoms with Crippen LogP contribution < -0.4 is 0 Å². The SMILES string of the molecule is C=C(C)CS(=O)(=O)c1ccc(C(=O)/C=C/C(=O)O)cc1. The molecular formula is C14H14O5S. The fourth-order valence-electron chi connectivity index (χ4n) is 1.48. The fraction of sp³-hybridized carbons (Fsp3) is 0.143. The first-order valence-corrected chi connectivity index (χ1v) is 7.30. The molecule has 0 atom stereocenters. The summed E-state index contributed by atoms with van der Waals surface area (Å²) in [5.74, 6) is -1.88. The maximum atomic E-state index is 11.9. The number of aliphatic carboxylic acids is 1. The van der Waals surface area contributed by atoms with E-state index in [-0.39, 0.29) is 16.2 Å². The van der Waals surface area contributed by atoms with Crippen molar-refractivity contribution in [3.63, 3.8) is 0 Å². The van der Waals surface area contributed by atoms with Crippen molar-refractivity contribution >= 4 is 21.6 Å². The van der Waals surface area contributed by atoms with E-state index in [1.54, 1.807) is 6.92 Å². The molecule has 0 saturated carbocycles. The van der Waals surface area contributed by atoms with Crippen molar-refractivity contribution in [3.05, 3.63) is 54.1 Å². The second-order valence-electron chi connectivity index (χ2n) is 4.28. The second kappa shape index (κ2) is 6.29. The Kier molecular flexibility index (Phi) is 4.99. The zero-order chi connectivity index (χ0) is 15.3. The van der Waals surface area contributed by atoms with Crippen LogP contribution in [0.1, 0.15) is 17.3 Å². The van der Waals surface area contributed by atoms with E-state index in [0.717, 1.165) is 12.2 Å². The zero-order valence-corrected chi connectivity index (χ0v) is 11.7. The molecule has 0 aliphatic rings. The molecule has 0 radical (unpaired) electrons. The van der Waals surface area contributed by atoms with Gasteiger partial charge in [0.2, 0.25) is 0 Å². The molecule has 0 aliphatic carbocycles. The number of ketones is 1. The molecule has 20 heavy (non-hydrogen) atoms. The average Bonchev–Trinajstić information content (AvgIpc) is 2.34. The van der Waals surface area contributed by atoms with Crippen molar-refractivity contribution in [1.29, 1.82) is 0 Å². The molecule has 0 fully saturated rings. The summed E-state index contributed by atoms with van der Waals surface area (Å²) in [5.41, 5.74) is 0.742. The zero-order valence-electron chi connectivity index (χ0n) is 10.9. The maximum Gasteiger partial charge on any atom is 0.328 e. The van der Waals surface area contributed by atoms with Crippen LogP contribution in [0, 0.1) is 0 Å². The van der Waals surface area contributed by atoms with Gasteiger partial charge in [-0.3, -0.25) is 4.79 Å². The summed E-state index contributed by atoms with van der Waals surface area (Å²) >= 11 is 0. The standard InChI is InChI=1S/C14H14O5S/c1-10(2)9-20(18,19)12-5-3-11(4-6-12)13(15)7-8-14(16)17/h3-8H,1,9H2,2H3,(H,16,17)/b8-7+. The smallest absolute Gasteiger partial charge is 0.328 e. The predicted molar refractivity (Wildman–Crippen MR) is 74.4 cm³/mol. The molecule has 0 bridgehead atoms. The molecule has 0 spiro atoms. The third-order valence-corrected chi connectivity index (χ3v) is 4.17. The van der Waals surface area contributed by atoms with E-state index in [4.69, 9.17) is 5.11 Å². The molecule has 0 amide bonds. The molecule has 106 valence electrons. The Morgan fingerprint density at radius 2 is 1.75 bits per heavy atom. The van der Waals surface area contributed by atoms with Crippen LogP contribution in [0.3, 0.4) is 0 Å². The minimum Gasteiger partial charge on any atom is -0.478 e. The van der Waals surface area contributed by atoms with Crippen LogP contribution in [0.15, 0.2) is 53.5 Å². The monoisotopic (exact) mass is 294 g/mol. The molecule has 1 aromatic rings. The van der Waals surface area contributed by atoms with Gasteiger partial charge in [0.1, 0.15) is 0 Å². The number of carboxylic acid groups (broad SMARTS) is 1. The van der Waals surface area contributed by atoms with Gasteiger partial charge in [-0.1, -0.05) is 12.2 Å². The molecule has 6 heteroatoms. The molecule has 0 aliphatic heterocycles. The summed E-state index contributed by atoms with van der Waals surface area (Å²) in [6.07, 6.45) is 1.65. The summed E-state index contributed by atoms with van der Waals surface area (Å²) in [7, 11) is -3.45. The lowest BCUT2D eigenvalue weighted by Gasteiger charge is -2.04. The van der Waals surface area contributed by atoms with Crippen LogP contribution in [0.5, 0.6) is 0 Å². The highest BCUT2D eigenvalue weighted by atomic mass is 32.2. The molecule has 1 rings (SSSR count). The van der Waals surface area contributed by atoms with Gasteiger partial charge in [0.05, 0.1) is 10.6 Å². The normalized spacial score (nSPS) is 11.4. The van der Waals surface area contributed by atoms with Gasteiger partial charge in [-0.2, -0.15) is 0 Å².